The summed E-state index contributed by atoms with van der Waals surface area (Å²) in [5.41, 5.74) is 7.03. The molecule has 6 heteroatoms. The molecule has 0 bridgehead atoms. The third-order valence-corrected chi connectivity index (χ3v) is 2.92. The van der Waals surface area contributed by atoms with E-state index in [1.807, 2.05) is 0 Å². The van der Waals surface area contributed by atoms with E-state index in [1.165, 1.54) is 6.07 Å². The second-order valence-corrected chi connectivity index (χ2v) is 4.90. The van der Waals surface area contributed by atoms with Gasteiger partial charge in [0.05, 0.1) is 11.4 Å². The number of nitrogens with zero attached hydrogens (tertiary/aromatic N) is 1. The van der Waals surface area contributed by atoms with Crippen LogP contribution >= 0.6 is 28.1 Å². The molecule has 0 aliphatic heterocycles. The quantitative estimate of drug-likeness (QED) is 0.849. The molecular formula is C12H9BrFN3S. The number of nitrogens with two attached hydrogens (primary N) is 1. The number of hydrogen-bond acceptors (Lipinski definition) is 3. The Hall–Kier alpha value is -1.53. The molecular weight excluding hydrogens is 317 g/mol. The minimum absolute atomic E-state index is 0.204. The van der Waals surface area contributed by atoms with Crippen molar-refractivity contribution in [3.8, 4) is 0 Å². The minimum Gasteiger partial charge on any atom is -0.388 e. The van der Waals surface area contributed by atoms with Crippen molar-refractivity contribution >= 4 is 44.5 Å². The Bertz CT molecular complexity index is 604. The number of pyridine rings is 1. The normalized spacial score (nSPS) is 10.1. The van der Waals surface area contributed by atoms with Crippen LogP contribution in [-0.4, -0.2) is 9.97 Å². The summed E-state index contributed by atoms with van der Waals surface area (Å²) < 4.78 is 14.3. The maximum atomic E-state index is 13.6. The van der Waals surface area contributed by atoms with Crippen LogP contribution in [0.1, 0.15) is 5.69 Å². The highest BCUT2D eigenvalue weighted by atomic mass is 79.9. The topological polar surface area (TPSA) is 50.9 Å². The Balaban J connectivity index is 2.28. The Morgan fingerprint density at radius 3 is 2.78 bits per heavy atom. The predicted molar refractivity (Wildman–Crippen MR) is 77.5 cm³/mol. The highest BCUT2D eigenvalue weighted by molar-refractivity contribution is 9.10. The summed E-state index contributed by atoms with van der Waals surface area (Å²) in [5.74, 6) is -0.349. The number of aromatic nitrogens is 1. The van der Waals surface area contributed by atoms with Gasteiger partial charge in [-0.25, -0.2) is 4.39 Å². The van der Waals surface area contributed by atoms with Crippen LogP contribution in [0.4, 0.5) is 15.8 Å². The number of benzene rings is 1. The van der Waals surface area contributed by atoms with Gasteiger partial charge in [-0.1, -0.05) is 28.1 Å². The van der Waals surface area contributed by atoms with Crippen molar-refractivity contribution in [2.45, 2.75) is 0 Å². The van der Waals surface area contributed by atoms with Gasteiger partial charge in [0, 0.05) is 16.4 Å². The van der Waals surface area contributed by atoms with Crippen molar-refractivity contribution in [2.24, 2.45) is 5.73 Å². The third kappa shape index (κ3) is 3.02. The number of halogens is 2. The van der Waals surface area contributed by atoms with Crippen LogP contribution < -0.4 is 11.1 Å². The van der Waals surface area contributed by atoms with Gasteiger partial charge < -0.3 is 11.1 Å². The lowest BCUT2D eigenvalue weighted by atomic mass is 10.2. The van der Waals surface area contributed by atoms with Crippen molar-refractivity contribution in [1.29, 1.82) is 0 Å². The molecule has 3 N–H and O–H groups in total. The highest BCUT2D eigenvalue weighted by Gasteiger charge is 2.04. The predicted octanol–water partition coefficient (Wildman–Crippen LogP) is 3.36. The fourth-order valence-electron chi connectivity index (χ4n) is 1.39. The van der Waals surface area contributed by atoms with E-state index in [2.05, 4.69) is 26.2 Å². The Morgan fingerprint density at radius 2 is 2.11 bits per heavy atom. The van der Waals surface area contributed by atoms with E-state index in [1.54, 1.807) is 30.5 Å². The van der Waals surface area contributed by atoms with E-state index in [0.29, 0.717) is 21.5 Å². The number of hydrogen-bond donors (Lipinski definition) is 2. The standard InChI is InChI=1S/C12H9BrFN3S/c13-7-1-2-10(9(14)5-7)17-8-3-4-16-11(6-8)12(15)18/h1-6H,(H2,15,18)(H,16,17). The van der Waals surface area contributed by atoms with Crippen molar-refractivity contribution in [3.05, 3.63) is 52.5 Å². The first-order valence-electron chi connectivity index (χ1n) is 5.04. The summed E-state index contributed by atoms with van der Waals surface area (Å²) in [6.07, 6.45) is 1.56. The summed E-state index contributed by atoms with van der Waals surface area (Å²) in [6, 6.07) is 8.16. The van der Waals surface area contributed by atoms with Crippen LogP contribution in [0.25, 0.3) is 0 Å². The van der Waals surface area contributed by atoms with Crippen LogP contribution in [0.15, 0.2) is 41.0 Å². The Morgan fingerprint density at radius 1 is 1.33 bits per heavy atom. The van der Waals surface area contributed by atoms with Gasteiger partial charge in [0.1, 0.15) is 10.8 Å². The lowest BCUT2D eigenvalue weighted by Gasteiger charge is -2.08. The zero-order chi connectivity index (χ0) is 13.1. The molecule has 0 unspecified atom stereocenters. The molecule has 0 spiro atoms. The largest absolute Gasteiger partial charge is 0.388 e. The monoisotopic (exact) mass is 325 g/mol. The van der Waals surface area contributed by atoms with Gasteiger partial charge in [-0.2, -0.15) is 0 Å². The van der Waals surface area contributed by atoms with E-state index < -0.39 is 0 Å². The molecule has 18 heavy (non-hydrogen) atoms. The summed E-state index contributed by atoms with van der Waals surface area (Å²) in [4.78, 5) is 4.21. The fraction of sp³-hybridized carbons (Fsp3) is 0. The molecule has 1 heterocycles. The van der Waals surface area contributed by atoms with Crippen molar-refractivity contribution in [2.75, 3.05) is 5.32 Å². The van der Waals surface area contributed by atoms with Gasteiger partial charge in [-0.05, 0) is 30.3 Å². The van der Waals surface area contributed by atoms with E-state index >= 15 is 0 Å². The third-order valence-electron chi connectivity index (χ3n) is 2.22. The number of anilines is 2. The molecule has 0 aliphatic carbocycles. The molecule has 0 saturated carbocycles. The first-order valence-corrected chi connectivity index (χ1v) is 6.24. The van der Waals surface area contributed by atoms with Crippen molar-refractivity contribution < 1.29 is 4.39 Å². The fourth-order valence-corrected chi connectivity index (χ4v) is 1.83. The molecule has 1 aromatic heterocycles. The average Bonchev–Trinajstić information content (AvgIpc) is 2.33. The van der Waals surface area contributed by atoms with Crippen molar-refractivity contribution in [3.63, 3.8) is 0 Å². The SMILES string of the molecule is NC(=S)c1cc(Nc2ccc(Br)cc2F)ccn1. The Labute approximate surface area is 117 Å². The molecule has 0 radical (unpaired) electrons. The van der Waals surface area contributed by atoms with Gasteiger partial charge in [0.15, 0.2) is 0 Å². The zero-order valence-electron chi connectivity index (χ0n) is 9.15. The summed E-state index contributed by atoms with van der Waals surface area (Å²) in [6.45, 7) is 0. The number of thiocarbonyl (C=S) groups is 1. The highest BCUT2D eigenvalue weighted by Crippen LogP contribution is 2.23. The lowest BCUT2D eigenvalue weighted by molar-refractivity contribution is 0.631. The average molecular weight is 326 g/mol. The van der Waals surface area contributed by atoms with Gasteiger partial charge in [-0.3, -0.25) is 4.98 Å². The summed E-state index contributed by atoms with van der Waals surface area (Å²) >= 11 is 8.04. The minimum atomic E-state index is -0.349. The lowest BCUT2D eigenvalue weighted by Crippen LogP contribution is -2.11. The van der Waals surface area contributed by atoms with E-state index in [-0.39, 0.29) is 10.8 Å². The van der Waals surface area contributed by atoms with E-state index in [9.17, 15) is 4.39 Å². The van der Waals surface area contributed by atoms with E-state index in [0.717, 1.165) is 0 Å². The maximum Gasteiger partial charge on any atom is 0.147 e. The van der Waals surface area contributed by atoms with Crippen LogP contribution in [0, 0.1) is 5.82 Å². The Kier molecular flexibility index (Phi) is 3.88. The smallest absolute Gasteiger partial charge is 0.147 e. The van der Waals surface area contributed by atoms with Gasteiger partial charge in [-0.15, -0.1) is 0 Å². The molecule has 0 amide bonds. The zero-order valence-corrected chi connectivity index (χ0v) is 11.6. The van der Waals surface area contributed by atoms with E-state index in [4.69, 9.17) is 18.0 Å². The van der Waals surface area contributed by atoms with Gasteiger partial charge in [0.2, 0.25) is 0 Å². The number of nitrogens with one attached hydrogen (secondary N) is 1. The summed E-state index contributed by atoms with van der Waals surface area (Å²) in [7, 11) is 0. The van der Waals surface area contributed by atoms with Crippen LogP contribution in [-0.2, 0) is 0 Å². The molecule has 0 atom stereocenters. The molecule has 1 aromatic carbocycles. The molecule has 2 rings (SSSR count). The summed E-state index contributed by atoms with van der Waals surface area (Å²) in [5, 5.41) is 2.94. The van der Waals surface area contributed by atoms with Gasteiger partial charge >= 0.3 is 0 Å². The second-order valence-electron chi connectivity index (χ2n) is 3.54. The van der Waals surface area contributed by atoms with Crippen molar-refractivity contribution in [1.82, 2.24) is 4.98 Å². The second kappa shape index (κ2) is 5.41. The molecule has 92 valence electrons. The van der Waals surface area contributed by atoms with Crippen LogP contribution in [0.5, 0.6) is 0 Å². The molecule has 3 nitrogen and oxygen atoms in total. The maximum absolute atomic E-state index is 13.6. The van der Waals surface area contributed by atoms with Crippen LogP contribution in [0.3, 0.4) is 0 Å². The molecule has 0 saturated heterocycles. The molecule has 0 fully saturated rings. The first kappa shape index (κ1) is 12.9. The molecule has 2 aromatic rings. The number of rotatable bonds is 3. The first-order chi connectivity index (χ1) is 8.56. The van der Waals surface area contributed by atoms with Gasteiger partial charge in [0.25, 0.3) is 0 Å². The van der Waals surface area contributed by atoms with Crippen LogP contribution in [0.2, 0.25) is 0 Å². The molecule has 0 aliphatic rings.